The van der Waals surface area contributed by atoms with Crippen LogP contribution in [0, 0.1) is 11.8 Å². The molecular weight excluding hydrogens is 348 g/mol. The van der Waals surface area contributed by atoms with Gasteiger partial charge in [-0.25, -0.2) is 0 Å². The number of carbonyl (C=O) groups excluding carboxylic acids is 2. The van der Waals surface area contributed by atoms with Crippen molar-refractivity contribution < 1.29 is 9.59 Å². The molecule has 0 unspecified atom stereocenters. The van der Waals surface area contributed by atoms with Crippen molar-refractivity contribution in [3.05, 3.63) is 0 Å². The summed E-state index contributed by atoms with van der Waals surface area (Å²) in [7, 11) is 0. The van der Waals surface area contributed by atoms with Gasteiger partial charge in [-0.05, 0) is 38.5 Å². The second-order valence-corrected chi connectivity index (χ2v) is 8.20. The van der Waals surface area contributed by atoms with Gasteiger partial charge in [0.25, 0.3) is 0 Å². The van der Waals surface area contributed by atoms with Crippen LogP contribution in [0.3, 0.4) is 0 Å². The topological polar surface area (TPSA) is 58.2 Å². The average Bonchev–Trinajstić information content (AvgIpc) is 2.70. The Labute approximate surface area is 175 Å². The molecule has 2 atom stereocenters. The van der Waals surface area contributed by atoms with Crippen molar-refractivity contribution in [3.63, 3.8) is 0 Å². The van der Waals surface area contributed by atoms with Gasteiger partial charge in [-0.1, -0.05) is 79.1 Å². The number of nitrogens with one attached hydrogen (secondary N) is 2. The van der Waals surface area contributed by atoms with Crippen LogP contribution in [0.1, 0.15) is 118 Å². The number of carbonyl (C=O) groups is 2. The second-order valence-electron chi connectivity index (χ2n) is 8.20. The fourth-order valence-corrected chi connectivity index (χ4v) is 3.61. The molecule has 0 aromatic heterocycles. The van der Waals surface area contributed by atoms with Crippen LogP contribution in [0.2, 0.25) is 0 Å². The third-order valence-electron chi connectivity index (χ3n) is 5.74. The molecule has 0 rings (SSSR count). The van der Waals surface area contributed by atoms with Crippen LogP contribution < -0.4 is 10.6 Å². The van der Waals surface area contributed by atoms with E-state index in [1.54, 1.807) is 0 Å². The van der Waals surface area contributed by atoms with Crippen LogP contribution in [-0.4, -0.2) is 24.9 Å². The predicted octanol–water partition coefficient (Wildman–Crippen LogP) is 5.99. The first kappa shape index (κ1) is 26.9. The Morgan fingerprint density at radius 2 is 0.929 bits per heavy atom. The summed E-state index contributed by atoms with van der Waals surface area (Å²) < 4.78 is 0. The lowest BCUT2D eigenvalue weighted by Gasteiger charge is -2.14. The van der Waals surface area contributed by atoms with Crippen molar-refractivity contribution in [3.8, 4) is 0 Å². The van der Waals surface area contributed by atoms with E-state index in [4.69, 9.17) is 0 Å². The molecule has 0 aromatic rings. The molecule has 4 heteroatoms. The van der Waals surface area contributed by atoms with Gasteiger partial charge in [0.15, 0.2) is 0 Å². The quantitative estimate of drug-likeness (QED) is 0.263. The highest BCUT2D eigenvalue weighted by atomic mass is 16.2. The molecule has 4 nitrogen and oxygen atoms in total. The van der Waals surface area contributed by atoms with Crippen LogP contribution in [0.15, 0.2) is 0 Å². The van der Waals surface area contributed by atoms with Gasteiger partial charge in [0, 0.05) is 24.9 Å². The summed E-state index contributed by atoms with van der Waals surface area (Å²) in [6, 6.07) is 0. The maximum atomic E-state index is 12.1. The third kappa shape index (κ3) is 14.0. The fraction of sp³-hybridized carbons (Fsp3) is 0.917. The van der Waals surface area contributed by atoms with E-state index in [9.17, 15) is 9.59 Å². The van der Waals surface area contributed by atoms with E-state index in [2.05, 4.69) is 38.3 Å². The lowest BCUT2D eigenvalue weighted by molar-refractivity contribution is -0.126. The largest absolute Gasteiger partial charge is 0.356 e. The number of rotatable bonds is 19. The molecule has 0 saturated heterocycles. The summed E-state index contributed by atoms with van der Waals surface area (Å²) in [4.78, 5) is 24.2. The molecule has 0 aliphatic heterocycles. The molecule has 0 aliphatic carbocycles. The molecule has 0 bridgehead atoms. The van der Waals surface area contributed by atoms with E-state index in [1.165, 1.54) is 25.7 Å². The predicted molar refractivity (Wildman–Crippen MR) is 120 cm³/mol. The lowest BCUT2D eigenvalue weighted by atomic mass is 9.98. The van der Waals surface area contributed by atoms with Crippen LogP contribution in [-0.2, 0) is 9.59 Å². The number of hydrogen-bond acceptors (Lipinski definition) is 2. The molecule has 0 radical (unpaired) electrons. The van der Waals surface area contributed by atoms with Gasteiger partial charge in [-0.15, -0.1) is 0 Å². The first-order valence-electron chi connectivity index (χ1n) is 12.2. The Morgan fingerprint density at radius 3 is 1.25 bits per heavy atom. The van der Waals surface area contributed by atoms with Crippen molar-refractivity contribution in [2.45, 2.75) is 118 Å². The minimum atomic E-state index is 0.199. The zero-order chi connectivity index (χ0) is 21.0. The molecular formula is C24H48N2O2. The molecule has 2 amide bonds. The smallest absolute Gasteiger partial charge is 0.223 e. The van der Waals surface area contributed by atoms with Crippen LogP contribution >= 0.6 is 0 Å². The second kappa shape index (κ2) is 19.3. The van der Waals surface area contributed by atoms with Gasteiger partial charge in [0.1, 0.15) is 0 Å². The molecule has 0 saturated carbocycles. The van der Waals surface area contributed by atoms with E-state index in [0.29, 0.717) is 0 Å². The molecule has 2 N–H and O–H groups in total. The highest BCUT2D eigenvalue weighted by Gasteiger charge is 2.15. The summed E-state index contributed by atoms with van der Waals surface area (Å²) in [6.07, 6.45) is 15.5. The van der Waals surface area contributed by atoms with Crippen molar-refractivity contribution in [2.24, 2.45) is 11.8 Å². The summed E-state index contributed by atoms with van der Waals surface area (Å²) in [5.74, 6) is 0.890. The molecule has 166 valence electrons. The average molecular weight is 397 g/mol. The van der Waals surface area contributed by atoms with Gasteiger partial charge in [0.2, 0.25) is 11.8 Å². The molecule has 28 heavy (non-hydrogen) atoms. The number of unbranched alkanes of at least 4 members (excludes halogenated alkanes) is 7. The van der Waals surface area contributed by atoms with E-state index in [0.717, 1.165) is 77.3 Å². The Hall–Kier alpha value is -1.06. The Balaban J connectivity index is 3.57. The minimum absolute atomic E-state index is 0.199. The highest BCUT2D eigenvalue weighted by Crippen LogP contribution is 2.13. The maximum absolute atomic E-state index is 12.1. The van der Waals surface area contributed by atoms with Crippen molar-refractivity contribution >= 4 is 11.8 Å². The van der Waals surface area contributed by atoms with Crippen molar-refractivity contribution in [1.29, 1.82) is 0 Å². The normalized spacial score (nSPS) is 13.1. The molecule has 0 fully saturated rings. The summed E-state index contributed by atoms with van der Waals surface area (Å²) in [5, 5.41) is 6.22. The Bertz CT molecular complexity index is 349. The Morgan fingerprint density at radius 1 is 0.571 bits per heavy atom. The van der Waals surface area contributed by atoms with E-state index in [-0.39, 0.29) is 23.7 Å². The summed E-state index contributed by atoms with van der Waals surface area (Å²) >= 11 is 0. The first-order chi connectivity index (χ1) is 13.6. The van der Waals surface area contributed by atoms with Gasteiger partial charge < -0.3 is 10.6 Å². The fourth-order valence-electron chi connectivity index (χ4n) is 3.61. The van der Waals surface area contributed by atoms with Crippen LogP contribution in [0.5, 0.6) is 0 Å². The summed E-state index contributed by atoms with van der Waals surface area (Å²) in [5.41, 5.74) is 0. The molecule has 0 aliphatic rings. The van der Waals surface area contributed by atoms with Gasteiger partial charge in [-0.2, -0.15) is 0 Å². The zero-order valence-electron chi connectivity index (χ0n) is 19.3. The number of amides is 2. The van der Waals surface area contributed by atoms with Crippen LogP contribution in [0.4, 0.5) is 0 Å². The van der Waals surface area contributed by atoms with E-state index in [1.807, 2.05) is 0 Å². The van der Waals surface area contributed by atoms with Crippen molar-refractivity contribution in [2.75, 3.05) is 13.1 Å². The SMILES string of the molecule is CCCC[C@H](CC)C(=O)NCCCCCCCCNC(=O)[C@@H](CC)CCCC. The lowest BCUT2D eigenvalue weighted by Crippen LogP contribution is -2.31. The number of hydrogen-bond donors (Lipinski definition) is 2. The van der Waals surface area contributed by atoms with E-state index < -0.39 is 0 Å². The maximum Gasteiger partial charge on any atom is 0.223 e. The third-order valence-corrected chi connectivity index (χ3v) is 5.74. The first-order valence-corrected chi connectivity index (χ1v) is 12.2. The zero-order valence-corrected chi connectivity index (χ0v) is 19.3. The minimum Gasteiger partial charge on any atom is -0.356 e. The van der Waals surface area contributed by atoms with E-state index >= 15 is 0 Å². The van der Waals surface area contributed by atoms with Gasteiger partial charge >= 0.3 is 0 Å². The van der Waals surface area contributed by atoms with Gasteiger partial charge in [-0.3, -0.25) is 9.59 Å². The van der Waals surface area contributed by atoms with Crippen molar-refractivity contribution in [1.82, 2.24) is 10.6 Å². The monoisotopic (exact) mass is 396 g/mol. The summed E-state index contributed by atoms with van der Waals surface area (Å²) in [6.45, 7) is 10.2. The molecule has 0 heterocycles. The van der Waals surface area contributed by atoms with Crippen LogP contribution in [0.25, 0.3) is 0 Å². The molecule has 0 aromatic carbocycles. The Kier molecular flexibility index (Phi) is 18.5. The highest BCUT2D eigenvalue weighted by molar-refractivity contribution is 5.78. The standard InChI is InChI=1S/C24H48N2O2/c1-5-9-17-21(7-3)23(27)25-19-15-13-11-12-14-16-20-26-24(28)22(8-4)18-10-6-2/h21-22H,5-20H2,1-4H3,(H,25,27)(H,26,28)/t21-,22-/m0/s1. The molecule has 0 spiro atoms. The van der Waals surface area contributed by atoms with Gasteiger partial charge in [0.05, 0.1) is 0 Å².